The summed E-state index contributed by atoms with van der Waals surface area (Å²) in [6.07, 6.45) is 15.0. The molecule has 0 aliphatic heterocycles. The second-order valence-electron chi connectivity index (χ2n) is 7.47. The van der Waals surface area contributed by atoms with Crippen molar-refractivity contribution < 1.29 is 14.4 Å². The third kappa shape index (κ3) is 13.6. The highest BCUT2D eigenvalue weighted by atomic mass is 35.5. The lowest BCUT2D eigenvalue weighted by molar-refractivity contribution is -0.130. The molecule has 0 N–H and O–H groups in total. The van der Waals surface area contributed by atoms with Crippen molar-refractivity contribution in [1.82, 2.24) is 4.90 Å². The Hall–Kier alpha value is -2.34. The summed E-state index contributed by atoms with van der Waals surface area (Å²) in [5.41, 5.74) is 0. The summed E-state index contributed by atoms with van der Waals surface area (Å²) in [6, 6.07) is 7.55. The number of likely N-dealkylation sites (N-methyl/N-ethyl adjacent to an activating group) is 1. The van der Waals surface area contributed by atoms with Gasteiger partial charge in [0.05, 0.1) is 13.2 Å². The zero-order valence-electron chi connectivity index (χ0n) is 18.5. The summed E-state index contributed by atoms with van der Waals surface area (Å²) in [4.78, 5) is 26.7. The summed E-state index contributed by atoms with van der Waals surface area (Å²) >= 11 is 5.88. The molecule has 1 saturated carbocycles. The molecule has 0 heterocycles. The van der Waals surface area contributed by atoms with E-state index in [9.17, 15) is 9.70 Å². The topological polar surface area (TPSA) is 68.2 Å². The molecule has 1 aromatic carbocycles. The number of ether oxygens (including phenoxy) is 1. The van der Waals surface area contributed by atoms with Crippen LogP contribution in [0.25, 0.3) is 0 Å². The molecular formula is C24H35ClN2O4. The molecule has 1 fully saturated rings. The number of halogens is 1. The third-order valence-electron chi connectivity index (χ3n) is 4.95. The van der Waals surface area contributed by atoms with Gasteiger partial charge in [0.25, 0.3) is 0 Å². The van der Waals surface area contributed by atoms with Crippen molar-refractivity contribution in [3.8, 4) is 5.75 Å². The molecule has 6 nitrogen and oxygen atoms in total. The van der Waals surface area contributed by atoms with Crippen LogP contribution in [0.5, 0.6) is 5.75 Å². The molecule has 1 aromatic rings. The standard InChI is InChI=1S/C15H19ClO.C9H16N2O3/c16-14-9-5-10-15(12-14)17-11-4-3-8-13-6-1-2-7-13;1-3-4-5-6-9(12)11(2)7-8-14-10-13/h3,5,8-10,12-13H,1-2,4,6-7,11H2;3H,1,4-8H2,2H3/b8-3+;. The minimum Gasteiger partial charge on any atom is -0.493 e. The molecule has 0 radical (unpaired) electrons. The number of carbonyl (C=O) groups excluding carboxylic acids is 1. The van der Waals surface area contributed by atoms with Crippen LogP contribution in [0.4, 0.5) is 0 Å². The van der Waals surface area contributed by atoms with Crippen molar-refractivity contribution >= 4 is 17.5 Å². The first kappa shape index (κ1) is 26.7. The molecule has 2 rings (SSSR count). The van der Waals surface area contributed by atoms with Gasteiger partial charge >= 0.3 is 0 Å². The van der Waals surface area contributed by atoms with E-state index in [2.05, 4.69) is 28.9 Å². The number of unbranched alkanes of at least 4 members (excludes halogenated alkanes) is 1. The summed E-state index contributed by atoms with van der Waals surface area (Å²) in [6.45, 7) is 4.83. The molecule has 0 unspecified atom stereocenters. The van der Waals surface area contributed by atoms with Crippen LogP contribution in [-0.4, -0.2) is 37.6 Å². The van der Waals surface area contributed by atoms with Crippen molar-refractivity contribution in [2.75, 3.05) is 26.8 Å². The van der Waals surface area contributed by atoms with Crippen LogP contribution in [-0.2, 0) is 9.63 Å². The Labute approximate surface area is 191 Å². The predicted molar refractivity (Wildman–Crippen MR) is 126 cm³/mol. The van der Waals surface area contributed by atoms with Crippen LogP contribution in [0, 0.1) is 10.8 Å². The molecule has 0 atom stereocenters. The van der Waals surface area contributed by atoms with Gasteiger partial charge in [-0.2, -0.15) is 0 Å². The molecule has 0 spiro atoms. The molecule has 0 bridgehead atoms. The number of amides is 1. The van der Waals surface area contributed by atoms with Crippen LogP contribution in [0.1, 0.15) is 51.4 Å². The smallest absolute Gasteiger partial charge is 0.222 e. The van der Waals surface area contributed by atoms with Gasteiger partial charge in [0, 0.05) is 18.5 Å². The van der Waals surface area contributed by atoms with Gasteiger partial charge in [-0.05, 0) is 56.2 Å². The molecule has 1 aliphatic rings. The van der Waals surface area contributed by atoms with E-state index in [-0.39, 0.29) is 12.5 Å². The average molecular weight is 451 g/mol. The molecule has 1 amide bonds. The van der Waals surface area contributed by atoms with E-state index < -0.39 is 0 Å². The molecule has 0 aromatic heterocycles. The van der Waals surface area contributed by atoms with E-state index in [0.29, 0.717) is 13.0 Å². The van der Waals surface area contributed by atoms with Crippen molar-refractivity contribution in [2.24, 2.45) is 11.3 Å². The van der Waals surface area contributed by atoms with Gasteiger partial charge in [0.2, 0.25) is 5.91 Å². The Morgan fingerprint density at radius 3 is 2.74 bits per heavy atom. The summed E-state index contributed by atoms with van der Waals surface area (Å²) in [5.74, 6) is 1.72. The van der Waals surface area contributed by atoms with Crippen molar-refractivity contribution in [2.45, 2.75) is 51.4 Å². The van der Waals surface area contributed by atoms with Crippen molar-refractivity contribution in [1.29, 1.82) is 0 Å². The Morgan fingerprint density at radius 2 is 2.06 bits per heavy atom. The van der Waals surface area contributed by atoms with Gasteiger partial charge in [-0.25, -0.2) is 0 Å². The number of allylic oxidation sites excluding steroid dienone is 2. The first-order valence-electron chi connectivity index (χ1n) is 10.9. The number of hydrogen-bond donors (Lipinski definition) is 0. The van der Waals surface area contributed by atoms with Gasteiger partial charge in [0.1, 0.15) is 12.4 Å². The van der Waals surface area contributed by atoms with Gasteiger partial charge in [-0.1, -0.05) is 48.7 Å². The maximum absolute atomic E-state index is 11.3. The fourth-order valence-corrected chi connectivity index (χ4v) is 3.35. The van der Waals surface area contributed by atoms with E-state index in [1.807, 2.05) is 24.3 Å². The fourth-order valence-electron chi connectivity index (χ4n) is 3.17. The maximum atomic E-state index is 11.3. The lowest BCUT2D eigenvalue weighted by atomic mass is 10.1. The predicted octanol–water partition coefficient (Wildman–Crippen LogP) is 6.35. The second kappa shape index (κ2) is 17.4. The normalized spacial score (nSPS) is 13.4. The van der Waals surface area contributed by atoms with E-state index in [0.717, 1.165) is 42.6 Å². The second-order valence-corrected chi connectivity index (χ2v) is 7.91. The van der Waals surface area contributed by atoms with Crippen LogP contribution in [0.2, 0.25) is 5.02 Å². The van der Waals surface area contributed by atoms with Crippen LogP contribution in [0.3, 0.4) is 0 Å². The van der Waals surface area contributed by atoms with Crippen LogP contribution >= 0.6 is 11.6 Å². The van der Waals surface area contributed by atoms with Crippen LogP contribution < -0.4 is 4.74 Å². The zero-order valence-corrected chi connectivity index (χ0v) is 19.3. The third-order valence-corrected chi connectivity index (χ3v) is 5.19. The fraction of sp³-hybridized carbons (Fsp3) is 0.542. The maximum Gasteiger partial charge on any atom is 0.222 e. The summed E-state index contributed by atoms with van der Waals surface area (Å²) in [5, 5.41) is 2.97. The van der Waals surface area contributed by atoms with Gasteiger partial charge in [-0.3, -0.25) is 4.79 Å². The number of rotatable bonds is 13. The summed E-state index contributed by atoms with van der Waals surface area (Å²) in [7, 11) is 1.67. The Bertz CT molecular complexity index is 675. The Kier molecular flexibility index (Phi) is 14.9. The minimum absolute atomic E-state index is 0.0429. The molecular weight excluding hydrogens is 416 g/mol. The van der Waals surface area contributed by atoms with Gasteiger partial charge in [0.15, 0.2) is 5.34 Å². The van der Waals surface area contributed by atoms with E-state index in [1.165, 1.54) is 30.6 Å². The molecule has 172 valence electrons. The highest BCUT2D eigenvalue weighted by molar-refractivity contribution is 6.30. The molecule has 7 heteroatoms. The van der Waals surface area contributed by atoms with E-state index in [4.69, 9.17) is 16.3 Å². The number of benzene rings is 1. The lowest BCUT2D eigenvalue weighted by Crippen LogP contribution is -2.29. The lowest BCUT2D eigenvalue weighted by Gasteiger charge is -2.15. The monoisotopic (exact) mass is 450 g/mol. The number of carbonyl (C=O) groups is 1. The SMILES string of the molecule is C=CCCCC(=O)N(C)CCON=O.Clc1cccc(OCC/C=C/C2CCCC2)c1. The number of hydrogen-bond acceptors (Lipinski definition) is 5. The van der Waals surface area contributed by atoms with Crippen molar-refractivity contribution in [3.63, 3.8) is 0 Å². The Morgan fingerprint density at radius 1 is 1.29 bits per heavy atom. The zero-order chi connectivity index (χ0) is 22.7. The van der Waals surface area contributed by atoms with E-state index >= 15 is 0 Å². The highest BCUT2D eigenvalue weighted by Crippen LogP contribution is 2.25. The largest absolute Gasteiger partial charge is 0.493 e. The van der Waals surface area contributed by atoms with Gasteiger partial charge in [-0.15, -0.1) is 11.5 Å². The highest BCUT2D eigenvalue weighted by Gasteiger charge is 2.10. The number of nitrogens with zero attached hydrogens (tertiary/aromatic N) is 2. The average Bonchev–Trinajstić information content (AvgIpc) is 3.28. The first-order valence-corrected chi connectivity index (χ1v) is 11.3. The van der Waals surface area contributed by atoms with Gasteiger partial charge < -0.3 is 14.5 Å². The first-order chi connectivity index (χ1) is 15.1. The van der Waals surface area contributed by atoms with Crippen molar-refractivity contribution in [3.05, 3.63) is 59.0 Å². The molecule has 1 aliphatic carbocycles. The Balaban J connectivity index is 0.000000318. The molecule has 0 saturated heterocycles. The molecule has 31 heavy (non-hydrogen) atoms. The van der Waals surface area contributed by atoms with E-state index in [1.54, 1.807) is 13.1 Å². The van der Waals surface area contributed by atoms with Crippen LogP contribution in [0.15, 0.2) is 54.4 Å². The minimum atomic E-state index is 0.0429. The quantitative estimate of drug-likeness (QED) is 0.152. The summed E-state index contributed by atoms with van der Waals surface area (Å²) < 4.78 is 5.62.